The molecular formula is C16H26O8. The first-order chi connectivity index (χ1) is 11.1. The van der Waals surface area contributed by atoms with E-state index in [1.807, 2.05) is 13.8 Å². The topological polar surface area (TPSA) is 137 Å². The normalized spacial score (nSPS) is 39.8. The first-order valence-electron chi connectivity index (χ1n) is 7.98. The molecule has 1 fully saturated rings. The molecule has 2 aliphatic rings. The van der Waals surface area contributed by atoms with Crippen LogP contribution in [0.15, 0.2) is 11.1 Å². The van der Waals surface area contributed by atoms with Crippen molar-refractivity contribution in [2.75, 3.05) is 6.61 Å². The predicted octanol–water partition coefficient (Wildman–Crippen LogP) is -0.607. The maximum atomic E-state index is 11.4. The lowest BCUT2D eigenvalue weighted by Crippen LogP contribution is -2.59. The second kappa shape index (κ2) is 7.07. The van der Waals surface area contributed by atoms with Gasteiger partial charge in [0.25, 0.3) is 0 Å². The monoisotopic (exact) mass is 346 g/mol. The second-order valence-corrected chi connectivity index (χ2v) is 7.21. The van der Waals surface area contributed by atoms with Crippen molar-refractivity contribution in [3.05, 3.63) is 11.1 Å². The lowest BCUT2D eigenvalue weighted by atomic mass is 9.71. The van der Waals surface area contributed by atoms with Gasteiger partial charge in [0.2, 0.25) is 0 Å². The lowest BCUT2D eigenvalue weighted by molar-refractivity contribution is -0.313. The third-order valence-electron chi connectivity index (χ3n) is 4.76. The number of carboxylic acids is 1. The molecule has 24 heavy (non-hydrogen) atoms. The fourth-order valence-electron chi connectivity index (χ4n) is 3.70. The molecule has 0 radical (unpaired) electrons. The molecule has 0 spiro atoms. The summed E-state index contributed by atoms with van der Waals surface area (Å²) in [5.41, 5.74) is 0.428. The molecule has 1 heterocycles. The van der Waals surface area contributed by atoms with Crippen molar-refractivity contribution in [1.82, 2.24) is 0 Å². The Kier molecular flexibility index (Phi) is 5.68. The number of carbonyl (C=O) groups is 1. The third-order valence-corrected chi connectivity index (χ3v) is 4.76. The highest BCUT2D eigenvalue weighted by Crippen LogP contribution is 2.42. The Morgan fingerprint density at radius 3 is 2.38 bits per heavy atom. The van der Waals surface area contributed by atoms with E-state index in [1.54, 1.807) is 6.92 Å². The van der Waals surface area contributed by atoms with Gasteiger partial charge in [-0.1, -0.05) is 19.4 Å². The lowest BCUT2D eigenvalue weighted by Gasteiger charge is -2.43. The van der Waals surface area contributed by atoms with Gasteiger partial charge in [-0.05, 0) is 25.2 Å². The van der Waals surface area contributed by atoms with E-state index in [-0.39, 0.29) is 0 Å². The van der Waals surface area contributed by atoms with Gasteiger partial charge in [0.1, 0.15) is 24.4 Å². The van der Waals surface area contributed by atoms with E-state index in [0.717, 1.165) is 0 Å². The minimum Gasteiger partial charge on any atom is -0.478 e. The summed E-state index contributed by atoms with van der Waals surface area (Å²) < 4.78 is 11.1. The zero-order valence-electron chi connectivity index (χ0n) is 14.0. The Balaban J connectivity index is 2.13. The van der Waals surface area contributed by atoms with Gasteiger partial charge >= 0.3 is 5.97 Å². The molecule has 0 amide bonds. The molecule has 5 N–H and O–H groups in total. The van der Waals surface area contributed by atoms with E-state index < -0.39 is 54.8 Å². The van der Waals surface area contributed by atoms with Crippen molar-refractivity contribution in [1.29, 1.82) is 0 Å². The summed E-state index contributed by atoms with van der Waals surface area (Å²) in [5, 5.41) is 48.2. The van der Waals surface area contributed by atoms with Crippen LogP contribution in [0.2, 0.25) is 0 Å². The van der Waals surface area contributed by atoms with Crippen LogP contribution in [-0.4, -0.2) is 74.9 Å². The highest BCUT2D eigenvalue weighted by atomic mass is 16.7. The molecule has 138 valence electrons. The van der Waals surface area contributed by atoms with Crippen LogP contribution in [0.4, 0.5) is 0 Å². The van der Waals surface area contributed by atoms with Crippen LogP contribution in [0.3, 0.4) is 0 Å². The standard InChI is InChI=1S/C16H26O8/c1-7-4-8(5-16(2,3)10(7)14(21)22)23-15-13(20)12(19)11(18)9(6-17)24-15/h8-9,11-13,15,17-20H,4-6H2,1-3H3,(H,21,22)/t8-,9-,11-,12-,13-,15-/m1/s1. The van der Waals surface area contributed by atoms with Crippen LogP contribution in [0.25, 0.3) is 0 Å². The average molecular weight is 346 g/mol. The number of hydrogen-bond acceptors (Lipinski definition) is 7. The molecule has 1 aliphatic heterocycles. The number of aliphatic carboxylic acids is 1. The summed E-state index contributed by atoms with van der Waals surface area (Å²) in [4.78, 5) is 11.4. The van der Waals surface area contributed by atoms with Crippen LogP contribution in [0.5, 0.6) is 0 Å². The summed E-state index contributed by atoms with van der Waals surface area (Å²) in [6, 6.07) is 0. The third kappa shape index (κ3) is 3.63. The molecule has 0 bridgehead atoms. The maximum absolute atomic E-state index is 11.4. The molecule has 0 aromatic heterocycles. The van der Waals surface area contributed by atoms with E-state index in [2.05, 4.69) is 0 Å². The molecule has 2 rings (SSSR count). The van der Waals surface area contributed by atoms with Gasteiger partial charge in [0, 0.05) is 5.57 Å². The quantitative estimate of drug-likeness (QED) is 0.455. The number of aliphatic hydroxyl groups is 4. The highest BCUT2D eigenvalue weighted by molar-refractivity contribution is 5.89. The van der Waals surface area contributed by atoms with Crippen molar-refractivity contribution < 1.29 is 39.8 Å². The van der Waals surface area contributed by atoms with Crippen LogP contribution in [0.1, 0.15) is 33.6 Å². The van der Waals surface area contributed by atoms with Crippen molar-refractivity contribution in [2.24, 2.45) is 5.41 Å². The van der Waals surface area contributed by atoms with Crippen molar-refractivity contribution >= 4 is 5.97 Å². The highest BCUT2D eigenvalue weighted by Gasteiger charge is 2.46. The van der Waals surface area contributed by atoms with Gasteiger partial charge < -0.3 is 35.0 Å². The van der Waals surface area contributed by atoms with Crippen molar-refractivity contribution in [3.63, 3.8) is 0 Å². The summed E-state index contributed by atoms with van der Waals surface area (Å²) in [5.74, 6) is -0.955. The number of rotatable bonds is 4. The summed E-state index contributed by atoms with van der Waals surface area (Å²) in [7, 11) is 0. The molecule has 6 atom stereocenters. The van der Waals surface area contributed by atoms with Crippen LogP contribution in [0, 0.1) is 5.41 Å². The number of ether oxygens (including phenoxy) is 2. The van der Waals surface area contributed by atoms with Gasteiger partial charge in [0.05, 0.1) is 12.7 Å². The van der Waals surface area contributed by atoms with Crippen LogP contribution >= 0.6 is 0 Å². The summed E-state index contributed by atoms with van der Waals surface area (Å²) in [6.07, 6.45) is -6.28. The van der Waals surface area contributed by atoms with E-state index in [1.165, 1.54) is 0 Å². The SMILES string of the molecule is CC1=C(C(=O)O)C(C)(C)C[C@H](O[C@@H]2O[C@H](CO)[C@@H](O)[C@@H](O)[C@H]2O)C1. The van der Waals surface area contributed by atoms with Gasteiger partial charge in [0.15, 0.2) is 6.29 Å². The van der Waals surface area contributed by atoms with Gasteiger partial charge in [-0.3, -0.25) is 0 Å². The number of carboxylic acid groups (broad SMARTS) is 1. The van der Waals surface area contributed by atoms with Crippen molar-refractivity contribution in [3.8, 4) is 0 Å². The fourth-order valence-corrected chi connectivity index (χ4v) is 3.70. The maximum Gasteiger partial charge on any atom is 0.332 e. The zero-order chi connectivity index (χ0) is 18.2. The minimum atomic E-state index is -1.50. The molecule has 0 saturated carbocycles. The first-order valence-corrected chi connectivity index (χ1v) is 7.98. The van der Waals surface area contributed by atoms with Gasteiger partial charge in [-0.15, -0.1) is 0 Å². The van der Waals surface area contributed by atoms with E-state index >= 15 is 0 Å². The molecule has 8 nitrogen and oxygen atoms in total. The Morgan fingerprint density at radius 1 is 1.25 bits per heavy atom. The van der Waals surface area contributed by atoms with Crippen molar-refractivity contribution in [2.45, 2.75) is 70.4 Å². The average Bonchev–Trinajstić information content (AvgIpc) is 2.45. The molecule has 1 saturated heterocycles. The Hall–Kier alpha value is -1.03. The zero-order valence-corrected chi connectivity index (χ0v) is 14.0. The molecule has 8 heteroatoms. The Morgan fingerprint density at radius 2 is 1.88 bits per heavy atom. The molecule has 0 aromatic carbocycles. The van der Waals surface area contributed by atoms with E-state index in [0.29, 0.717) is 24.0 Å². The molecule has 0 aromatic rings. The van der Waals surface area contributed by atoms with Crippen LogP contribution < -0.4 is 0 Å². The summed E-state index contributed by atoms with van der Waals surface area (Å²) in [6.45, 7) is 4.82. The molecular weight excluding hydrogens is 320 g/mol. The Bertz CT molecular complexity index is 512. The smallest absolute Gasteiger partial charge is 0.332 e. The number of hydrogen-bond donors (Lipinski definition) is 5. The largest absolute Gasteiger partial charge is 0.478 e. The van der Waals surface area contributed by atoms with Gasteiger partial charge in [-0.25, -0.2) is 4.79 Å². The summed E-state index contributed by atoms with van der Waals surface area (Å²) >= 11 is 0. The minimum absolute atomic E-state index is 0.358. The first kappa shape index (κ1) is 19.3. The fraction of sp³-hybridized carbons (Fsp3) is 0.812. The van der Waals surface area contributed by atoms with Gasteiger partial charge in [-0.2, -0.15) is 0 Å². The molecule has 1 aliphatic carbocycles. The predicted molar refractivity (Wildman–Crippen MR) is 82.0 cm³/mol. The molecule has 0 unspecified atom stereocenters. The van der Waals surface area contributed by atoms with E-state index in [9.17, 15) is 30.3 Å². The number of aliphatic hydroxyl groups excluding tert-OH is 4. The van der Waals surface area contributed by atoms with E-state index in [4.69, 9.17) is 9.47 Å². The second-order valence-electron chi connectivity index (χ2n) is 7.21. The Labute approximate surface area is 140 Å². The van der Waals surface area contributed by atoms with Crippen LogP contribution in [-0.2, 0) is 14.3 Å².